The van der Waals surface area contributed by atoms with Gasteiger partial charge in [0.1, 0.15) is 0 Å². The van der Waals surface area contributed by atoms with Crippen LogP contribution < -0.4 is 5.32 Å². The van der Waals surface area contributed by atoms with E-state index in [1.54, 1.807) is 0 Å². The molecule has 0 radical (unpaired) electrons. The van der Waals surface area contributed by atoms with Gasteiger partial charge in [-0.1, -0.05) is 0 Å². The zero-order valence-corrected chi connectivity index (χ0v) is 11.6. The van der Waals surface area contributed by atoms with E-state index in [0.29, 0.717) is 11.7 Å². The number of hydrogen-bond donors (Lipinski definition) is 4. The van der Waals surface area contributed by atoms with Crippen molar-refractivity contribution >= 4 is 24.6 Å². The number of hydrogen-bond acceptors (Lipinski definition) is 4. The van der Waals surface area contributed by atoms with Crippen LogP contribution in [0.2, 0.25) is 0 Å². The zero-order chi connectivity index (χ0) is 15.8. The Hall–Kier alpha value is -0.960. The molecule has 1 rings (SSSR count). The fraction of sp³-hybridized carbons (Fsp3) is 0.818. The molecule has 9 heteroatoms. The summed E-state index contributed by atoms with van der Waals surface area (Å²) in [5.41, 5.74) is 0. The average Bonchev–Trinajstić information content (AvgIpc) is 2.36. The lowest BCUT2D eigenvalue weighted by Crippen LogP contribution is -2.30. The van der Waals surface area contributed by atoms with Crippen molar-refractivity contribution in [3.8, 4) is 0 Å². The summed E-state index contributed by atoms with van der Waals surface area (Å²) >= 11 is 4.06. The van der Waals surface area contributed by atoms with E-state index < -0.39 is 18.1 Å². The topological polar surface area (TPSA) is 86.6 Å². The van der Waals surface area contributed by atoms with Gasteiger partial charge >= 0.3 is 18.1 Å². The molecular formula is C11H18F3NO4S. The number of alkyl halides is 3. The van der Waals surface area contributed by atoms with Crippen molar-refractivity contribution in [1.82, 2.24) is 5.32 Å². The highest BCUT2D eigenvalue weighted by Gasteiger charge is 2.38. The molecule has 0 saturated carbocycles. The van der Waals surface area contributed by atoms with Gasteiger partial charge in [-0.3, -0.25) is 4.79 Å². The first-order valence-corrected chi connectivity index (χ1v) is 6.66. The van der Waals surface area contributed by atoms with Crippen molar-refractivity contribution in [3.63, 3.8) is 0 Å². The van der Waals surface area contributed by atoms with Crippen LogP contribution >= 0.6 is 12.6 Å². The monoisotopic (exact) mass is 317 g/mol. The largest absolute Gasteiger partial charge is 0.490 e. The summed E-state index contributed by atoms with van der Waals surface area (Å²) in [6, 6.07) is 0. The molecule has 0 aromatic rings. The van der Waals surface area contributed by atoms with E-state index in [9.17, 15) is 18.0 Å². The zero-order valence-electron chi connectivity index (χ0n) is 10.7. The van der Waals surface area contributed by atoms with Gasteiger partial charge in [0.25, 0.3) is 0 Å². The van der Waals surface area contributed by atoms with E-state index in [1.807, 2.05) is 0 Å². The minimum Gasteiger partial charge on any atom is -0.481 e. The SMILES string of the molecule is O=C(O)C(CS)CC1CCNCC1.O=C(O)C(F)(F)F. The lowest BCUT2D eigenvalue weighted by atomic mass is 9.88. The van der Waals surface area contributed by atoms with Gasteiger partial charge in [-0.25, -0.2) is 4.79 Å². The molecule has 0 aromatic carbocycles. The van der Waals surface area contributed by atoms with Gasteiger partial charge in [-0.15, -0.1) is 0 Å². The molecule has 118 valence electrons. The maximum atomic E-state index is 10.7. The Balaban J connectivity index is 0.000000441. The second kappa shape index (κ2) is 9.06. The minimum atomic E-state index is -5.08. The summed E-state index contributed by atoms with van der Waals surface area (Å²) in [7, 11) is 0. The highest BCUT2D eigenvalue weighted by atomic mass is 32.1. The van der Waals surface area contributed by atoms with Gasteiger partial charge in [0.2, 0.25) is 0 Å². The third kappa shape index (κ3) is 8.26. The molecule has 0 amide bonds. The lowest BCUT2D eigenvalue weighted by molar-refractivity contribution is -0.192. The third-order valence-corrected chi connectivity index (χ3v) is 3.33. The number of carboxylic acids is 2. The Kier molecular flexibility index (Phi) is 8.63. The van der Waals surface area contributed by atoms with Crippen LogP contribution in [0.1, 0.15) is 19.3 Å². The molecule has 0 spiro atoms. The van der Waals surface area contributed by atoms with Crippen molar-refractivity contribution < 1.29 is 33.0 Å². The number of carbonyl (C=O) groups is 2. The van der Waals surface area contributed by atoms with Crippen LogP contribution in [0.25, 0.3) is 0 Å². The van der Waals surface area contributed by atoms with Crippen LogP contribution in [0, 0.1) is 11.8 Å². The number of piperidine rings is 1. The van der Waals surface area contributed by atoms with Crippen LogP contribution in [-0.4, -0.2) is 47.2 Å². The number of rotatable bonds is 4. The first kappa shape index (κ1) is 19.0. The maximum Gasteiger partial charge on any atom is 0.490 e. The van der Waals surface area contributed by atoms with E-state index in [2.05, 4.69) is 17.9 Å². The molecule has 0 aromatic heterocycles. The quantitative estimate of drug-likeness (QED) is 0.592. The first-order valence-electron chi connectivity index (χ1n) is 6.03. The first-order chi connectivity index (χ1) is 9.18. The standard InChI is InChI=1S/C9H17NO2S.C2HF3O2/c11-9(12)8(6-13)5-7-1-3-10-4-2-7;3-2(4,5)1(6)7/h7-8,10,13H,1-6H2,(H,11,12);(H,6,7). The van der Waals surface area contributed by atoms with Crippen molar-refractivity contribution in [2.24, 2.45) is 11.8 Å². The van der Waals surface area contributed by atoms with Crippen LogP contribution in [0.5, 0.6) is 0 Å². The van der Waals surface area contributed by atoms with Gasteiger partial charge in [-0.2, -0.15) is 25.8 Å². The number of thiol groups is 1. The Bertz CT molecular complexity index is 319. The molecule has 1 saturated heterocycles. The van der Waals surface area contributed by atoms with E-state index in [-0.39, 0.29) is 5.92 Å². The van der Waals surface area contributed by atoms with Crippen molar-refractivity contribution in [1.29, 1.82) is 0 Å². The molecular weight excluding hydrogens is 299 g/mol. The molecule has 1 unspecified atom stereocenters. The fourth-order valence-corrected chi connectivity index (χ4v) is 2.08. The molecule has 3 N–H and O–H groups in total. The van der Waals surface area contributed by atoms with Gasteiger partial charge in [0, 0.05) is 5.75 Å². The Morgan fingerprint density at radius 2 is 1.70 bits per heavy atom. The van der Waals surface area contributed by atoms with Crippen LogP contribution in [0.15, 0.2) is 0 Å². The second-order valence-corrected chi connectivity index (χ2v) is 4.81. The van der Waals surface area contributed by atoms with Crippen LogP contribution in [-0.2, 0) is 9.59 Å². The smallest absolute Gasteiger partial charge is 0.481 e. The molecule has 5 nitrogen and oxygen atoms in total. The molecule has 0 aliphatic carbocycles. The molecule has 1 aliphatic heterocycles. The highest BCUT2D eigenvalue weighted by molar-refractivity contribution is 7.80. The normalized spacial score (nSPS) is 17.8. The summed E-state index contributed by atoms with van der Waals surface area (Å²) in [6.45, 7) is 2.06. The van der Waals surface area contributed by atoms with Crippen molar-refractivity contribution in [2.45, 2.75) is 25.4 Å². The highest BCUT2D eigenvalue weighted by Crippen LogP contribution is 2.22. The summed E-state index contributed by atoms with van der Waals surface area (Å²) in [5.74, 6) is -2.68. The van der Waals surface area contributed by atoms with Crippen molar-refractivity contribution in [2.75, 3.05) is 18.8 Å². The van der Waals surface area contributed by atoms with E-state index in [1.165, 1.54) is 0 Å². The van der Waals surface area contributed by atoms with E-state index in [0.717, 1.165) is 32.4 Å². The summed E-state index contributed by atoms with van der Waals surface area (Å²) < 4.78 is 31.7. The summed E-state index contributed by atoms with van der Waals surface area (Å²) in [6.07, 6.45) is -2.07. The van der Waals surface area contributed by atoms with Crippen LogP contribution in [0.4, 0.5) is 13.2 Å². The molecule has 1 aliphatic rings. The number of aliphatic carboxylic acids is 2. The molecule has 1 fully saturated rings. The number of halogens is 3. The predicted molar refractivity (Wildman–Crippen MR) is 68.9 cm³/mol. The van der Waals surface area contributed by atoms with Crippen molar-refractivity contribution in [3.05, 3.63) is 0 Å². The van der Waals surface area contributed by atoms with Gasteiger partial charge in [-0.05, 0) is 38.3 Å². The molecule has 20 heavy (non-hydrogen) atoms. The van der Waals surface area contributed by atoms with E-state index in [4.69, 9.17) is 15.0 Å². The predicted octanol–water partition coefficient (Wildman–Crippen LogP) is 1.64. The van der Waals surface area contributed by atoms with E-state index >= 15 is 0 Å². The fourth-order valence-electron chi connectivity index (χ4n) is 1.77. The molecule has 0 bridgehead atoms. The maximum absolute atomic E-state index is 10.7. The third-order valence-electron chi connectivity index (χ3n) is 2.89. The Labute approximate surface area is 120 Å². The molecule has 1 heterocycles. The van der Waals surface area contributed by atoms with Gasteiger partial charge in [0.05, 0.1) is 5.92 Å². The summed E-state index contributed by atoms with van der Waals surface area (Å²) in [4.78, 5) is 19.6. The summed E-state index contributed by atoms with van der Waals surface area (Å²) in [5, 5.41) is 19.2. The minimum absolute atomic E-state index is 0.258. The number of carboxylic acid groups (broad SMARTS) is 2. The Morgan fingerprint density at radius 3 is 2.00 bits per heavy atom. The van der Waals surface area contributed by atoms with Crippen LogP contribution in [0.3, 0.4) is 0 Å². The second-order valence-electron chi connectivity index (χ2n) is 4.45. The lowest BCUT2D eigenvalue weighted by Gasteiger charge is -2.24. The van der Waals surface area contributed by atoms with Gasteiger partial charge in [0.15, 0.2) is 0 Å². The average molecular weight is 317 g/mol. The van der Waals surface area contributed by atoms with Gasteiger partial charge < -0.3 is 15.5 Å². The molecule has 1 atom stereocenters. The number of nitrogens with one attached hydrogen (secondary N) is 1. The Morgan fingerprint density at radius 1 is 1.25 bits per heavy atom.